The molecule has 0 fully saturated rings. The Bertz CT molecular complexity index is 596. The van der Waals surface area contributed by atoms with Gasteiger partial charge in [-0.15, -0.1) is 11.3 Å². The Labute approximate surface area is 122 Å². The van der Waals surface area contributed by atoms with Gasteiger partial charge in [0.2, 0.25) is 0 Å². The molecule has 0 radical (unpaired) electrons. The first-order chi connectivity index (χ1) is 9.54. The number of ether oxygens (including phenoxy) is 1. The first-order valence-electron chi connectivity index (χ1n) is 6.28. The van der Waals surface area contributed by atoms with Crippen molar-refractivity contribution in [3.05, 3.63) is 46.2 Å². The van der Waals surface area contributed by atoms with Crippen LogP contribution in [0.4, 0.5) is 5.69 Å². The lowest BCUT2D eigenvalue weighted by molar-refractivity contribution is 0.0746. The molecule has 5 heteroatoms. The lowest BCUT2D eigenvalue weighted by Crippen LogP contribution is -2.29. The zero-order chi connectivity index (χ0) is 14.7. The number of hydrogen-bond donors (Lipinski definition) is 1. The van der Waals surface area contributed by atoms with Gasteiger partial charge in [0.1, 0.15) is 5.75 Å². The number of amides is 1. The SMILES string of the molecule is COc1ccc(C(=O)N(C)C(C)c2cccs2)c(N)c1. The highest BCUT2D eigenvalue weighted by Gasteiger charge is 2.21. The standard InChI is InChI=1S/C15H18N2O2S/c1-10(14-5-4-8-20-14)17(2)15(18)12-7-6-11(19-3)9-13(12)16/h4-10H,16H2,1-3H3. The zero-order valence-corrected chi connectivity index (χ0v) is 12.6. The largest absolute Gasteiger partial charge is 0.497 e. The van der Waals surface area contributed by atoms with Crippen LogP contribution >= 0.6 is 11.3 Å². The molecule has 1 aromatic carbocycles. The molecule has 0 saturated carbocycles. The number of rotatable bonds is 4. The summed E-state index contributed by atoms with van der Waals surface area (Å²) in [4.78, 5) is 15.4. The van der Waals surface area contributed by atoms with Gasteiger partial charge in [-0.1, -0.05) is 6.07 Å². The number of carbonyl (C=O) groups excluding carboxylic acids is 1. The minimum atomic E-state index is -0.0916. The van der Waals surface area contributed by atoms with Crippen LogP contribution in [0.1, 0.15) is 28.2 Å². The number of nitrogens with zero attached hydrogens (tertiary/aromatic N) is 1. The lowest BCUT2D eigenvalue weighted by Gasteiger charge is -2.24. The number of carbonyl (C=O) groups is 1. The maximum atomic E-state index is 12.5. The normalized spacial score (nSPS) is 11.9. The highest BCUT2D eigenvalue weighted by molar-refractivity contribution is 7.10. The van der Waals surface area contributed by atoms with Gasteiger partial charge in [-0.3, -0.25) is 4.79 Å². The molecule has 1 heterocycles. The quantitative estimate of drug-likeness (QED) is 0.880. The summed E-state index contributed by atoms with van der Waals surface area (Å²) in [5.41, 5.74) is 6.86. The van der Waals surface area contributed by atoms with Crippen molar-refractivity contribution in [2.24, 2.45) is 0 Å². The first-order valence-corrected chi connectivity index (χ1v) is 7.16. The molecule has 2 rings (SSSR count). The Morgan fingerprint density at radius 3 is 2.70 bits per heavy atom. The second-order valence-electron chi connectivity index (χ2n) is 4.56. The van der Waals surface area contributed by atoms with E-state index in [-0.39, 0.29) is 11.9 Å². The van der Waals surface area contributed by atoms with Gasteiger partial charge in [0.25, 0.3) is 5.91 Å². The van der Waals surface area contributed by atoms with Gasteiger partial charge in [0.15, 0.2) is 0 Å². The summed E-state index contributed by atoms with van der Waals surface area (Å²) in [5, 5.41) is 2.01. The fraction of sp³-hybridized carbons (Fsp3) is 0.267. The topological polar surface area (TPSA) is 55.6 Å². The molecule has 1 aromatic heterocycles. The van der Waals surface area contributed by atoms with E-state index in [0.717, 1.165) is 4.88 Å². The first kappa shape index (κ1) is 14.4. The summed E-state index contributed by atoms with van der Waals surface area (Å²) in [6.45, 7) is 2.00. The molecule has 106 valence electrons. The molecule has 0 saturated heterocycles. The van der Waals surface area contributed by atoms with E-state index >= 15 is 0 Å². The van der Waals surface area contributed by atoms with Gasteiger partial charge in [-0.05, 0) is 30.5 Å². The summed E-state index contributed by atoms with van der Waals surface area (Å²) in [6, 6.07) is 9.13. The molecule has 0 spiro atoms. The van der Waals surface area contributed by atoms with Crippen LogP contribution in [-0.2, 0) is 0 Å². The van der Waals surface area contributed by atoms with E-state index in [1.807, 2.05) is 24.4 Å². The Balaban J connectivity index is 2.22. The number of nitrogens with two attached hydrogens (primary N) is 1. The Morgan fingerprint density at radius 1 is 1.40 bits per heavy atom. The number of thiophene rings is 1. The van der Waals surface area contributed by atoms with E-state index < -0.39 is 0 Å². The van der Waals surface area contributed by atoms with Gasteiger partial charge in [-0.2, -0.15) is 0 Å². The number of methoxy groups -OCH3 is 1. The van der Waals surface area contributed by atoms with Crippen LogP contribution in [0.2, 0.25) is 0 Å². The fourth-order valence-electron chi connectivity index (χ4n) is 1.95. The minimum absolute atomic E-state index is 0.0176. The van der Waals surface area contributed by atoms with Gasteiger partial charge >= 0.3 is 0 Å². The number of benzene rings is 1. The molecule has 0 aliphatic rings. The van der Waals surface area contributed by atoms with Crippen molar-refractivity contribution in [2.75, 3.05) is 19.9 Å². The highest BCUT2D eigenvalue weighted by atomic mass is 32.1. The van der Waals surface area contributed by atoms with E-state index in [9.17, 15) is 4.79 Å². The van der Waals surface area contributed by atoms with Crippen molar-refractivity contribution < 1.29 is 9.53 Å². The maximum Gasteiger partial charge on any atom is 0.256 e. The summed E-state index contributed by atoms with van der Waals surface area (Å²) in [5.74, 6) is 0.555. The second-order valence-corrected chi connectivity index (χ2v) is 5.54. The molecule has 20 heavy (non-hydrogen) atoms. The third-order valence-electron chi connectivity index (χ3n) is 3.35. The summed E-state index contributed by atoms with van der Waals surface area (Å²) in [7, 11) is 3.36. The van der Waals surface area contributed by atoms with Crippen molar-refractivity contribution in [2.45, 2.75) is 13.0 Å². The molecule has 2 aromatic rings. The van der Waals surface area contributed by atoms with Crippen LogP contribution in [0, 0.1) is 0 Å². The lowest BCUT2D eigenvalue weighted by atomic mass is 10.1. The molecule has 4 nitrogen and oxygen atoms in total. The Morgan fingerprint density at radius 2 is 2.15 bits per heavy atom. The van der Waals surface area contributed by atoms with E-state index in [1.54, 1.807) is 48.6 Å². The highest BCUT2D eigenvalue weighted by Crippen LogP contribution is 2.27. The van der Waals surface area contributed by atoms with Gasteiger partial charge in [0.05, 0.1) is 18.7 Å². The molecule has 1 unspecified atom stereocenters. The molecule has 0 aliphatic carbocycles. The van der Waals surface area contributed by atoms with Gasteiger partial charge in [-0.25, -0.2) is 0 Å². The predicted octanol–water partition coefficient (Wildman–Crippen LogP) is 3.17. The molecule has 2 N–H and O–H groups in total. The summed E-state index contributed by atoms with van der Waals surface area (Å²) < 4.78 is 5.09. The molecular weight excluding hydrogens is 272 g/mol. The van der Waals surface area contributed by atoms with Crippen molar-refractivity contribution in [3.63, 3.8) is 0 Å². The minimum Gasteiger partial charge on any atom is -0.497 e. The Kier molecular flexibility index (Phi) is 4.29. The third kappa shape index (κ3) is 2.77. The van der Waals surface area contributed by atoms with Crippen LogP contribution in [-0.4, -0.2) is 25.0 Å². The molecule has 0 aliphatic heterocycles. The van der Waals surface area contributed by atoms with Crippen LogP contribution in [0.3, 0.4) is 0 Å². The average Bonchev–Trinajstić information content (AvgIpc) is 2.99. The smallest absolute Gasteiger partial charge is 0.256 e. The number of hydrogen-bond acceptors (Lipinski definition) is 4. The Hall–Kier alpha value is -2.01. The van der Waals surface area contributed by atoms with Crippen LogP contribution < -0.4 is 10.5 Å². The fourth-order valence-corrected chi connectivity index (χ4v) is 2.77. The molecular formula is C15H18N2O2S. The predicted molar refractivity (Wildman–Crippen MR) is 82.2 cm³/mol. The van der Waals surface area contributed by atoms with Gasteiger partial charge in [0, 0.05) is 23.7 Å². The van der Waals surface area contributed by atoms with Crippen molar-refractivity contribution >= 4 is 22.9 Å². The van der Waals surface area contributed by atoms with Crippen LogP contribution in [0.25, 0.3) is 0 Å². The zero-order valence-electron chi connectivity index (χ0n) is 11.8. The van der Waals surface area contributed by atoms with Crippen molar-refractivity contribution in [1.82, 2.24) is 4.90 Å². The molecule has 0 bridgehead atoms. The summed E-state index contributed by atoms with van der Waals surface area (Å²) >= 11 is 1.64. The van der Waals surface area contributed by atoms with Crippen LogP contribution in [0.15, 0.2) is 35.7 Å². The van der Waals surface area contributed by atoms with E-state index in [4.69, 9.17) is 10.5 Å². The monoisotopic (exact) mass is 290 g/mol. The van der Waals surface area contributed by atoms with Gasteiger partial charge < -0.3 is 15.4 Å². The third-order valence-corrected chi connectivity index (χ3v) is 4.39. The average molecular weight is 290 g/mol. The maximum absolute atomic E-state index is 12.5. The van der Waals surface area contributed by atoms with E-state index in [2.05, 4.69) is 0 Å². The second kappa shape index (κ2) is 5.96. The van der Waals surface area contributed by atoms with Crippen molar-refractivity contribution in [3.8, 4) is 5.75 Å². The number of nitrogen functional groups attached to an aromatic ring is 1. The van der Waals surface area contributed by atoms with E-state index in [1.165, 1.54) is 0 Å². The number of anilines is 1. The molecule has 1 atom stereocenters. The summed E-state index contributed by atoms with van der Waals surface area (Å²) in [6.07, 6.45) is 0. The van der Waals surface area contributed by atoms with E-state index in [0.29, 0.717) is 17.0 Å². The van der Waals surface area contributed by atoms with Crippen molar-refractivity contribution in [1.29, 1.82) is 0 Å². The molecule has 1 amide bonds. The van der Waals surface area contributed by atoms with Crippen LogP contribution in [0.5, 0.6) is 5.75 Å².